The van der Waals surface area contributed by atoms with Crippen molar-refractivity contribution in [2.24, 2.45) is 0 Å². The molecule has 0 fully saturated rings. The van der Waals surface area contributed by atoms with Crippen molar-refractivity contribution in [2.75, 3.05) is 0 Å². The van der Waals surface area contributed by atoms with Crippen molar-refractivity contribution in [3.8, 4) is 12.3 Å². The van der Waals surface area contributed by atoms with Crippen LogP contribution < -0.4 is 0 Å². The monoisotopic (exact) mass is 300 g/mol. The summed E-state index contributed by atoms with van der Waals surface area (Å²) in [7, 11) is -4.55. The van der Waals surface area contributed by atoms with Crippen LogP contribution >= 0.6 is 0 Å². The van der Waals surface area contributed by atoms with Gasteiger partial charge in [0.15, 0.2) is 0 Å². The minimum Gasteiger partial charge on any atom is -0.284 e. The number of rotatable bonds is 3. The van der Waals surface area contributed by atoms with Crippen molar-refractivity contribution in [1.29, 1.82) is 0 Å². The summed E-state index contributed by atoms with van der Waals surface area (Å²) >= 11 is 0. The first kappa shape index (κ1) is 15.3. The molecule has 0 saturated heterocycles. The van der Waals surface area contributed by atoms with E-state index in [0.717, 1.165) is 11.1 Å². The van der Waals surface area contributed by atoms with E-state index in [1.807, 2.05) is 19.9 Å². The average molecular weight is 300 g/mol. The van der Waals surface area contributed by atoms with Crippen LogP contribution in [0.15, 0.2) is 48.5 Å². The van der Waals surface area contributed by atoms with Crippen LogP contribution in [0, 0.1) is 26.2 Å². The average Bonchev–Trinajstić information content (AvgIpc) is 2.41. The van der Waals surface area contributed by atoms with E-state index in [4.69, 9.17) is 6.42 Å². The Morgan fingerprint density at radius 2 is 1.62 bits per heavy atom. The van der Waals surface area contributed by atoms with E-state index in [1.54, 1.807) is 42.5 Å². The Labute approximate surface area is 125 Å². The fourth-order valence-electron chi connectivity index (χ4n) is 2.36. The van der Waals surface area contributed by atoms with Crippen LogP contribution in [0.3, 0.4) is 0 Å². The highest BCUT2D eigenvalue weighted by Gasteiger charge is 2.45. The zero-order chi connectivity index (χ0) is 15.7. The molecular formula is C17H16O3S. The van der Waals surface area contributed by atoms with Crippen LogP contribution in [-0.4, -0.2) is 13.0 Å². The van der Waals surface area contributed by atoms with Gasteiger partial charge in [0.25, 0.3) is 10.1 Å². The van der Waals surface area contributed by atoms with Crippen LogP contribution in [0.5, 0.6) is 0 Å². The highest BCUT2D eigenvalue weighted by molar-refractivity contribution is 7.87. The molecule has 0 spiro atoms. The molecule has 0 aliphatic heterocycles. The van der Waals surface area contributed by atoms with E-state index in [0.29, 0.717) is 11.1 Å². The zero-order valence-electron chi connectivity index (χ0n) is 11.9. The Morgan fingerprint density at radius 1 is 1.00 bits per heavy atom. The molecule has 0 aliphatic carbocycles. The van der Waals surface area contributed by atoms with Crippen LogP contribution in [-0.2, 0) is 14.9 Å². The second kappa shape index (κ2) is 5.36. The first-order valence-corrected chi connectivity index (χ1v) is 7.84. The summed E-state index contributed by atoms with van der Waals surface area (Å²) in [5, 5.41) is 0. The Bertz CT molecular complexity index is 799. The Kier molecular flexibility index (Phi) is 3.91. The van der Waals surface area contributed by atoms with Crippen LogP contribution in [0.1, 0.15) is 22.3 Å². The maximum atomic E-state index is 12.1. The molecule has 0 heterocycles. The molecule has 4 heteroatoms. The number of benzene rings is 2. The van der Waals surface area contributed by atoms with E-state index < -0.39 is 14.9 Å². The van der Waals surface area contributed by atoms with Crippen LogP contribution in [0.4, 0.5) is 0 Å². The smallest absolute Gasteiger partial charge is 0.284 e. The molecule has 1 unspecified atom stereocenters. The number of aryl methyl sites for hydroxylation is 2. The third-order valence-corrected chi connectivity index (χ3v) is 4.84. The lowest BCUT2D eigenvalue weighted by molar-refractivity contribution is 0.464. The molecule has 2 rings (SSSR count). The van der Waals surface area contributed by atoms with Crippen molar-refractivity contribution in [1.82, 2.24) is 0 Å². The molecular weight excluding hydrogens is 284 g/mol. The second-order valence-electron chi connectivity index (χ2n) is 5.04. The molecule has 2 aromatic rings. The summed E-state index contributed by atoms with van der Waals surface area (Å²) in [6.07, 6.45) is 5.56. The molecule has 0 radical (unpaired) electrons. The van der Waals surface area contributed by atoms with E-state index in [-0.39, 0.29) is 0 Å². The predicted octanol–water partition coefficient (Wildman–Crippen LogP) is 3.07. The van der Waals surface area contributed by atoms with Gasteiger partial charge in [-0.1, -0.05) is 65.6 Å². The normalized spacial score (nSPS) is 14.2. The molecule has 0 aliphatic rings. The van der Waals surface area contributed by atoms with Gasteiger partial charge >= 0.3 is 0 Å². The lowest BCUT2D eigenvalue weighted by Crippen LogP contribution is -2.35. The number of hydrogen-bond acceptors (Lipinski definition) is 2. The molecule has 1 N–H and O–H groups in total. The van der Waals surface area contributed by atoms with E-state index in [2.05, 4.69) is 5.92 Å². The third-order valence-electron chi connectivity index (χ3n) is 3.47. The molecule has 2 aromatic carbocycles. The van der Waals surface area contributed by atoms with E-state index in [9.17, 15) is 13.0 Å². The van der Waals surface area contributed by atoms with Gasteiger partial charge in [0.05, 0.1) is 0 Å². The Morgan fingerprint density at radius 3 is 2.10 bits per heavy atom. The molecule has 3 nitrogen and oxygen atoms in total. The summed E-state index contributed by atoms with van der Waals surface area (Å²) < 4.78 is 32.1. The zero-order valence-corrected chi connectivity index (χ0v) is 12.7. The van der Waals surface area contributed by atoms with Crippen LogP contribution in [0.25, 0.3) is 0 Å². The SMILES string of the molecule is C#CC(c1ccc(C)cc1)(c1cccc(C)c1)S(=O)(=O)O. The molecule has 0 amide bonds. The molecule has 21 heavy (non-hydrogen) atoms. The molecule has 0 saturated carbocycles. The van der Waals surface area contributed by atoms with Gasteiger partial charge in [-0.25, -0.2) is 0 Å². The summed E-state index contributed by atoms with van der Waals surface area (Å²) in [4.78, 5) is 0. The van der Waals surface area contributed by atoms with E-state index >= 15 is 0 Å². The van der Waals surface area contributed by atoms with Gasteiger partial charge in [0.2, 0.25) is 4.75 Å². The fourth-order valence-corrected chi connectivity index (χ4v) is 3.37. The first-order valence-electron chi connectivity index (χ1n) is 6.40. The highest BCUT2D eigenvalue weighted by Crippen LogP contribution is 2.37. The summed E-state index contributed by atoms with van der Waals surface area (Å²) in [6, 6.07) is 13.6. The molecule has 1 atom stereocenters. The van der Waals surface area contributed by atoms with Gasteiger partial charge in [-0.15, -0.1) is 6.42 Å². The summed E-state index contributed by atoms with van der Waals surface area (Å²) in [5.41, 5.74) is 2.55. The third kappa shape index (κ3) is 2.58. The van der Waals surface area contributed by atoms with Crippen molar-refractivity contribution in [3.63, 3.8) is 0 Å². The van der Waals surface area contributed by atoms with Gasteiger partial charge in [-0.3, -0.25) is 4.55 Å². The lowest BCUT2D eigenvalue weighted by Gasteiger charge is -2.26. The Hall–Kier alpha value is -2.09. The predicted molar refractivity (Wildman–Crippen MR) is 83.5 cm³/mol. The minimum absolute atomic E-state index is 0.351. The van der Waals surface area contributed by atoms with Crippen molar-refractivity contribution in [2.45, 2.75) is 18.6 Å². The molecule has 0 bridgehead atoms. The van der Waals surface area contributed by atoms with Crippen molar-refractivity contribution in [3.05, 3.63) is 70.8 Å². The topological polar surface area (TPSA) is 54.4 Å². The molecule has 0 aromatic heterocycles. The first-order chi connectivity index (χ1) is 9.81. The maximum Gasteiger partial charge on any atom is 0.290 e. The number of hydrogen-bond donors (Lipinski definition) is 1. The number of terminal acetylenes is 1. The lowest BCUT2D eigenvalue weighted by atomic mass is 9.89. The molecule has 108 valence electrons. The summed E-state index contributed by atoms with van der Waals surface area (Å²) in [6.45, 7) is 3.73. The van der Waals surface area contributed by atoms with Gasteiger partial charge in [-0.2, -0.15) is 8.42 Å². The van der Waals surface area contributed by atoms with Gasteiger partial charge < -0.3 is 0 Å². The summed E-state index contributed by atoms with van der Waals surface area (Å²) in [5.74, 6) is 2.30. The van der Waals surface area contributed by atoms with E-state index in [1.165, 1.54) is 0 Å². The minimum atomic E-state index is -4.55. The largest absolute Gasteiger partial charge is 0.290 e. The van der Waals surface area contributed by atoms with Gasteiger partial charge in [-0.05, 0) is 25.0 Å². The maximum absolute atomic E-state index is 12.1. The van der Waals surface area contributed by atoms with Crippen LogP contribution in [0.2, 0.25) is 0 Å². The van der Waals surface area contributed by atoms with Gasteiger partial charge in [0.1, 0.15) is 0 Å². The Balaban J connectivity index is 2.84. The van der Waals surface area contributed by atoms with Crippen molar-refractivity contribution < 1.29 is 13.0 Å². The highest BCUT2D eigenvalue weighted by atomic mass is 32.2. The second-order valence-corrected chi connectivity index (χ2v) is 6.60. The van der Waals surface area contributed by atoms with Gasteiger partial charge in [0, 0.05) is 0 Å². The standard InChI is InChI=1S/C17H16O3S/c1-4-17(21(18,19)20,15-10-8-13(2)9-11-15)16-7-5-6-14(3)12-16/h1,5-12H,2-3H3,(H,18,19,20). The quantitative estimate of drug-likeness (QED) is 0.700. The fraction of sp³-hybridized carbons (Fsp3) is 0.176. The van der Waals surface area contributed by atoms with Crippen molar-refractivity contribution >= 4 is 10.1 Å².